The fourth-order valence-corrected chi connectivity index (χ4v) is 3.74. The third-order valence-electron chi connectivity index (χ3n) is 3.92. The molecule has 1 aromatic heterocycles. The molecule has 0 spiro atoms. The van der Waals surface area contributed by atoms with E-state index in [1.807, 2.05) is 24.3 Å². The van der Waals surface area contributed by atoms with E-state index in [0.717, 1.165) is 28.8 Å². The first-order valence-electron chi connectivity index (χ1n) is 7.20. The lowest BCUT2D eigenvalue weighted by Crippen LogP contribution is -2.19. The van der Waals surface area contributed by atoms with Crippen LogP contribution in [0.5, 0.6) is 0 Å². The molecule has 1 aliphatic carbocycles. The zero-order valence-electron chi connectivity index (χ0n) is 11.4. The van der Waals surface area contributed by atoms with Crippen LogP contribution in [0.3, 0.4) is 0 Å². The molecule has 104 valence electrons. The fraction of sp³-hybridized carbons (Fsp3) is 0.438. The largest absolute Gasteiger partial charge is 0.298 e. The molecule has 0 N–H and O–H groups in total. The molecule has 3 rings (SSSR count). The predicted octanol–water partition coefficient (Wildman–Crippen LogP) is 3.87. The van der Waals surface area contributed by atoms with Crippen LogP contribution >= 0.6 is 11.8 Å². The van der Waals surface area contributed by atoms with Crippen molar-refractivity contribution in [2.75, 3.05) is 5.75 Å². The third-order valence-corrected chi connectivity index (χ3v) is 4.95. The highest BCUT2D eigenvalue weighted by Gasteiger charge is 2.21. The third kappa shape index (κ3) is 3.01. The summed E-state index contributed by atoms with van der Waals surface area (Å²) in [6, 6.07) is 7.95. The Balaban J connectivity index is 1.69. The molecule has 20 heavy (non-hydrogen) atoms. The van der Waals surface area contributed by atoms with Gasteiger partial charge < -0.3 is 0 Å². The van der Waals surface area contributed by atoms with E-state index in [2.05, 4.69) is 9.97 Å². The minimum absolute atomic E-state index is 0.282. The second-order valence-electron chi connectivity index (χ2n) is 5.29. The van der Waals surface area contributed by atoms with Crippen LogP contribution in [-0.2, 0) is 4.79 Å². The second kappa shape index (κ2) is 6.35. The molecule has 0 atom stereocenters. The smallest absolute Gasteiger partial charge is 0.146 e. The molecule has 1 aromatic carbocycles. The number of para-hydroxylation sites is 1. The highest BCUT2D eigenvalue weighted by molar-refractivity contribution is 8.00. The normalized spacial score (nSPS) is 16.4. The van der Waals surface area contributed by atoms with Crippen LogP contribution < -0.4 is 0 Å². The zero-order chi connectivity index (χ0) is 13.8. The Morgan fingerprint density at radius 1 is 1.15 bits per heavy atom. The Bertz CT molecular complexity index is 603. The van der Waals surface area contributed by atoms with Crippen molar-refractivity contribution in [3.63, 3.8) is 0 Å². The second-order valence-corrected chi connectivity index (χ2v) is 6.25. The molecule has 0 bridgehead atoms. The SMILES string of the molecule is O=C(CSc1ncnc2ccccc12)C1CCCCC1. The number of fused-ring (bicyclic) bond motifs is 1. The number of ketones is 1. The van der Waals surface area contributed by atoms with Crippen molar-refractivity contribution in [3.8, 4) is 0 Å². The summed E-state index contributed by atoms with van der Waals surface area (Å²) in [6.45, 7) is 0. The molecular weight excluding hydrogens is 268 g/mol. The number of carbonyl (C=O) groups is 1. The van der Waals surface area contributed by atoms with Crippen molar-refractivity contribution in [3.05, 3.63) is 30.6 Å². The Hall–Kier alpha value is -1.42. The van der Waals surface area contributed by atoms with Gasteiger partial charge in [0.2, 0.25) is 0 Å². The molecule has 1 aliphatic rings. The number of Topliss-reactive ketones (excluding diaryl/α,β-unsaturated/α-hetero) is 1. The number of rotatable bonds is 4. The molecule has 0 radical (unpaired) electrons. The zero-order valence-corrected chi connectivity index (χ0v) is 12.2. The van der Waals surface area contributed by atoms with Gasteiger partial charge in [0, 0.05) is 11.3 Å². The lowest BCUT2D eigenvalue weighted by Gasteiger charge is -2.19. The molecule has 4 heteroatoms. The molecule has 0 saturated heterocycles. The lowest BCUT2D eigenvalue weighted by atomic mass is 9.87. The summed E-state index contributed by atoms with van der Waals surface area (Å²) >= 11 is 1.55. The van der Waals surface area contributed by atoms with Gasteiger partial charge in [-0.05, 0) is 18.9 Å². The van der Waals surface area contributed by atoms with Crippen LogP contribution in [0.15, 0.2) is 35.6 Å². The van der Waals surface area contributed by atoms with E-state index in [4.69, 9.17) is 0 Å². The lowest BCUT2D eigenvalue weighted by molar-refractivity contribution is -0.121. The standard InChI is InChI=1S/C16H18N2OS/c19-15(12-6-2-1-3-7-12)10-20-16-13-8-4-5-9-14(13)17-11-18-16/h4-5,8-9,11-12H,1-3,6-7,10H2. The van der Waals surface area contributed by atoms with Crippen molar-refractivity contribution in [2.24, 2.45) is 5.92 Å². The van der Waals surface area contributed by atoms with Crippen LogP contribution in [0.1, 0.15) is 32.1 Å². The summed E-state index contributed by atoms with van der Waals surface area (Å²) in [5.41, 5.74) is 0.940. The maximum Gasteiger partial charge on any atom is 0.146 e. The summed E-state index contributed by atoms with van der Waals surface area (Å²) < 4.78 is 0. The molecular formula is C16H18N2OS. The van der Waals surface area contributed by atoms with Gasteiger partial charge >= 0.3 is 0 Å². The van der Waals surface area contributed by atoms with Gasteiger partial charge in [-0.15, -0.1) is 0 Å². The number of carbonyl (C=O) groups excluding carboxylic acids is 1. The van der Waals surface area contributed by atoms with Gasteiger partial charge in [0.1, 0.15) is 17.1 Å². The van der Waals surface area contributed by atoms with Gasteiger partial charge in [0.05, 0.1) is 11.3 Å². The van der Waals surface area contributed by atoms with E-state index in [0.29, 0.717) is 11.5 Å². The molecule has 2 aromatic rings. The van der Waals surface area contributed by atoms with Crippen molar-refractivity contribution in [1.82, 2.24) is 9.97 Å². The highest BCUT2D eigenvalue weighted by Crippen LogP contribution is 2.28. The summed E-state index contributed by atoms with van der Waals surface area (Å²) in [7, 11) is 0. The number of thioether (sulfide) groups is 1. The molecule has 0 aliphatic heterocycles. The maximum absolute atomic E-state index is 12.2. The molecule has 0 amide bonds. The van der Waals surface area contributed by atoms with E-state index in [1.165, 1.54) is 19.3 Å². The first-order chi connectivity index (χ1) is 9.84. The molecule has 3 nitrogen and oxygen atoms in total. The molecule has 1 saturated carbocycles. The average molecular weight is 286 g/mol. The van der Waals surface area contributed by atoms with Crippen molar-refractivity contribution in [2.45, 2.75) is 37.1 Å². The molecule has 1 heterocycles. The Labute approximate surface area is 123 Å². The monoisotopic (exact) mass is 286 g/mol. The Morgan fingerprint density at radius 3 is 2.80 bits per heavy atom. The number of hydrogen-bond acceptors (Lipinski definition) is 4. The summed E-state index contributed by atoms with van der Waals surface area (Å²) in [5.74, 6) is 1.20. The van der Waals surface area contributed by atoms with Gasteiger partial charge in [0.15, 0.2) is 0 Å². The van der Waals surface area contributed by atoms with Crippen LogP contribution in [0.25, 0.3) is 10.9 Å². The van der Waals surface area contributed by atoms with Gasteiger partial charge in [-0.2, -0.15) is 0 Å². The number of aromatic nitrogens is 2. The average Bonchev–Trinajstić information content (AvgIpc) is 2.53. The minimum atomic E-state index is 0.282. The van der Waals surface area contributed by atoms with E-state index >= 15 is 0 Å². The summed E-state index contributed by atoms with van der Waals surface area (Å²) in [5, 5.41) is 1.95. The van der Waals surface area contributed by atoms with Crippen LogP contribution in [0, 0.1) is 5.92 Å². The van der Waals surface area contributed by atoms with Crippen LogP contribution in [0.4, 0.5) is 0 Å². The van der Waals surface area contributed by atoms with Gasteiger partial charge in [-0.3, -0.25) is 4.79 Å². The van der Waals surface area contributed by atoms with Gasteiger partial charge in [-0.1, -0.05) is 49.2 Å². The maximum atomic E-state index is 12.2. The van der Waals surface area contributed by atoms with Crippen LogP contribution in [0.2, 0.25) is 0 Å². The van der Waals surface area contributed by atoms with E-state index in [9.17, 15) is 4.79 Å². The van der Waals surface area contributed by atoms with Crippen molar-refractivity contribution in [1.29, 1.82) is 0 Å². The number of nitrogens with zero attached hydrogens (tertiary/aromatic N) is 2. The van der Waals surface area contributed by atoms with E-state index in [1.54, 1.807) is 18.1 Å². The first-order valence-corrected chi connectivity index (χ1v) is 8.18. The summed E-state index contributed by atoms with van der Waals surface area (Å²) in [6.07, 6.45) is 7.42. The first kappa shape index (κ1) is 13.6. The topological polar surface area (TPSA) is 42.9 Å². The summed E-state index contributed by atoms with van der Waals surface area (Å²) in [4.78, 5) is 20.8. The predicted molar refractivity (Wildman–Crippen MR) is 81.8 cm³/mol. The molecule has 0 unspecified atom stereocenters. The van der Waals surface area contributed by atoms with E-state index in [-0.39, 0.29) is 5.92 Å². The van der Waals surface area contributed by atoms with E-state index < -0.39 is 0 Å². The number of benzene rings is 1. The van der Waals surface area contributed by atoms with Crippen molar-refractivity contribution < 1.29 is 4.79 Å². The van der Waals surface area contributed by atoms with Gasteiger partial charge in [-0.25, -0.2) is 9.97 Å². The number of hydrogen-bond donors (Lipinski definition) is 0. The fourth-order valence-electron chi connectivity index (χ4n) is 2.78. The van der Waals surface area contributed by atoms with Gasteiger partial charge in [0.25, 0.3) is 0 Å². The molecule has 1 fully saturated rings. The highest BCUT2D eigenvalue weighted by atomic mass is 32.2. The quantitative estimate of drug-likeness (QED) is 0.632. The Morgan fingerprint density at radius 2 is 1.95 bits per heavy atom. The van der Waals surface area contributed by atoms with Crippen LogP contribution in [-0.4, -0.2) is 21.5 Å². The Kier molecular flexibility index (Phi) is 4.31. The minimum Gasteiger partial charge on any atom is -0.298 e. The van der Waals surface area contributed by atoms with Crippen molar-refractivity contribution >= 4 is 28.4 Å².